The molecule has 0 radical (unpaired) electrons. The molecular weight excluding hydrogens is 218 g/mol. The van der Waals surface area contributed by atoms with Crippen molar-refractivity contribution in [2.75, 3.05) is 20.1 Å². The van der Waals surface area contributed by atoms with Gasteiger partial charge in [0.1, 0.15) is 0 Å². The Labute approximate surface area is 103 Å². The van der Waals surface area contributed by atoms with Gasteiger partial charge in [-0.1, -0.05) is 0 Å². The summed E-state index contributed by atoms with van der Waals surface area (Å²) < 4.78 is 0. The number of nitrogens with two attached hydrogens (primary N) is 1. The standard InChI is InChI=1S/C12H23N3O2/c1-9-5-6-10(12(13)17)8-15(9)11(16)4-3-7-14-2/h9-10,14H,3-8H2,1-2H3,(H2,13,17)/t9-,10-/m0/s1. The van der Waals surface area contributed by atoms with Crippen molar-refractivity contribution in [3.63, 3.8) is 0 Å². The molecule has 98 valence electrons. The second-order valence-electron chi connectivity index (χ2n) is 4.78. The molecule has 1 heterocycles. The minimum Gasteiger partial charge on any atom is -0.369 e. The van der Waals surface area contributed by atoms with Gasteiger partial charge in [0.15, 0.2) is 0 Å². The maximum Gasteiger partial charge on any atom is 0.222 e. The van der Waals surface area contributed by atoms with Crippen LogP contribution in [0.1, 0.15) is 32.6 Å². The highest BCUT2D eigenvalue weighted by Gasteiger charge is 2.30. The lowest BCUT2D eigenvalue weighted by Gasteiger charge is -2.37. The van der Waals surface area contributed by atoms with Gasteiger partial charge in [0.25, 0.3) is 0 Å². The van der Waals surface area contributed by atoms with Crippen molar-refractivity contribution >= 4 is 11.8 Å². The van der Waals surface area contributed by atoms with Crippen molar-refractivity contribution in [2.24, 2.45) is 11.7 Å². The molecule has 2 atom stereocenters. The van der Waals surface area contributed by atoms with Crippen molar-refractivity contribution < 1.29 is 9.59 Å². The zero-order chi connectivity index (χ0) is 12.8. The van der Waals surface area contributed by atoms with E-state index in [2.05, 4.69) is 5.32 Å². The van der Waals surface area contributed by atoms with E-state index < -0.39 is 0 Å². The predicted molar refractivity (Wildman–Crippen MR) is 66.3 cm³/mol. The molecule has 2 amide bonds. The van der Waals surface area contributed by atoms with E-state index >= 15 is 0 Å². The normalized spacial score (nSPS) is 24.7. The van der Waals surface area contributed by atoms with Crippen LogP contribution in [0.15, 0.2) is 0 Å². The quantitative estimate of drug-likeness (QED) is 0.670. The lowest BCUT2D eigenvalue weighted by atomic mass is 9.92. The van der Waals surface area contributed by atoms with Crippen LogP contribution in [0.25, 0.3) is 0 Å². The minimum absolute atomic E-state index is 0.138. The highest BCUT2D eigenvalue weighted by Crippen LogP contribution is 2.22. The molecule has 1 fully saturated rings. The van der Waals surface area contributed by atoms with E-state index in [1.165, 1.54) is 0 Å². The van der Waals surface area contributed by atoms with E-state index in [4.69, 9.17) is 5.73 Å². The average molecular weight is 241 g/mol. The van der Waals surface area contributed by atoms with Crippen LogP contribution in [0.2, 0.25) is 0 Å². The van der Waals surface area contributed by atoms with Gasteiger partial charge in [0, 0.05) is 19.0 Å². The molecule has 0 aliphatic carbocycles. The second-order valence-corrected chi connectivity index (χ2v) is 4.78. The van der Waals surface area contributed by atoms with Crippen LogP contribution in [0, 0.1) is 5.92 Å². The first-order chi connectivity index (χ1) is 8.06. The Morgan fingerprint density at radius 1 is 1.41 bits per heavy atom. The Morgan fingerprint density at radius 2 is 2.12 bits per heavy atom. The highest BCUT2D eigenvalue weighted by molar-refractivity contribution is 5.80. The van der Waals surface area contributed by atoms with Crippen molar-refractivity contribution in [3.05, 3.63) is 0 Å². The zero-order valence-corrected chi connectivity index (χ0v) is 10.7. The van der Waals surface area contributed by atoms with E-state index in [0.717, 1.165) is 25.8 Å². The molecule has 5 heteroatoms. The Morgan fingerprint density at radius 3 is 2.71 bits per heavy atom. The van der Waals surface area contributed by atoms with Crippen LogP contribution in [0.4, 0.5) is 0 Å². The lowest BCUT2D eigenvalue weighted by molar-refractivity contribution is -0.137. The number of carbonyl (C=O) groups is 2. The summed E-state index contributed by atoms with van der Waals surface area (Å²) in [5.74, 6) is -0.317. The fourth-order valence-corrected chi connectivity index (χ4v) is 2.25. The molecule has 0 bridgehead atoms. The first-order valence-electron chi connectivity index (χ1n) is 6.29. The van der Waals surface area contributed by atoms with Crippen molar-refractivity contribution in [2.45, 2.75) is 38.6 Å². The van der Waals surface area contributed by atoms with Crippen LogP contribution >= 0.6 is 0 Å². The molecule has 3 N–H and O–H groups in total. The van der Waals surface area contributed by atoms with Gasteiger partial charge in [0.2, 0.25) is 11.8 Å². The fraction of sp³-hybridized carbons (Fsp3) is 0.833. The summed E-state index contributed by atoms with van der Waals surface area (Å²) in [4.78, 5) is 25.0. The number of nitrogens with one attached hydrogen (secondary N) is 1. The molecule has 1 saturated heterocycles. The summed E-state index contributed by atoms with van der Waals surface area (Å²) in [5.41, 5.74) is 5.31. The molecule has 17 heavy (non-hydrogen) atoms. The molecule has 1 rings (SSSR count). The largest absolute Gasteiger partial charge is 0.369 e. The van der Waals surface area contributed by atoms with Crippen LogP contribution < -0.4 is 11.1 Å². The maximum absolute atomic E-state index is 12.0. The first-order valence-corrected chi connectivity index (χ1v) is 6.29. The average Bonchev–Trinajstić information content (AvgIpc) is 2.29. The monoisotopic (exact) mass is 241 g/mol. The number of nitrogens with zero attached hydrogens (tertiary/aromatic N) is 1. The number of amides is 2. The second kappa shape index (κ2) is 6.59. The van der Waals surface area contributed by atoms with Crippen LogP contribution in [0.5, 0.6) is 0 Å². The molecule has 5 nitrogen and oxygen atoms in total. The molecule has 0 aromatic carbocycles. The van der Waals surface area contributed by atoms with E-state index in [1.54, 1.807) is 0 Å². The Kier molecular flexibility index (Phi) is 5.41. The summed E-state index contributed by atoms with van der Waals surface area (Å²) in [6, 6.07) is 0.229. The minimum atomic E-state index is -0.287. The molecule has 0 aromatic rings. The molecule has 0 aromatic heterocycles. The first kappa shape index (κ1) is 14.0. The molecule has 1 aliphatic rings. The van der Waals surface area contributed by atoms with Gasteiger partial charge in [-0.25, -0.2) is 0 Å². The molecular formula is C12H23N3O2. The Balaban J connectivity index is 2.48. The molecule has 0 spiro atoms. The molecule has 0 saturated carbocycles. The SMILES string of the molecule is CNCCCC(=O)N1C[C@@H](C(N)=O)CC[C@@H]1C. The van der Waals surface area contributed by atoms with Crippen LogP contribution in [-0.2, 0) is 9.59 Å². The summed E-state index contributed by atoms with van der Waals surface area (Å²) in [5, 5.41) is 3.02. The predicted octanol–water partition coefficient (Wildman–Crippen LogP) is 0.0984. The third-order valence-electron chi connectivity index (χ3n) is 3.42. The fourth-order valence-electron chi connectivity index (χ4n) is 2.25. The van der Waals surface area contributed by atoms with Gasteiger partial charge in [-0.15, -0.1) is 0 Å². The smallest absolute Gasteiger partial charge is 0.222 e. The van der Waals surface area contributed by atoms with E-state index in [1.807, 2.05) is 18.9 Å². The summed E-state index contributed by atoms with van der Waals surface area (Å²) in [6.07, 6.45) is 3.04. The Hall–Kier alpha value is -1.10. The molecule has 0 unspecified atom stereocenters. The summed E-state index contributed by atoms with van der Waals surface area (Å²) in [7, 11) is 1.87. The third-order valence-corrected chi connectivity index (χ3v) is 3.42. The van der Waals surface area contributed by atoms with Gasteiger partial charge in [-0.2, -0.15) is 0 Å². The summed E-state index contributed by atoms with van der Waals surface area (Å²) in [6.45, 7) is 3.37. The van der Waals surface area contributed by atoms with Crippen molar-refractivity contribution in [1.29, 1.82) is 0 Å². The Bertz CT molecular complexity index is 281. The zero-order valence-electron chi connectivity index (χ0n) is 10.7. The van der Waals surface area contributed by atoms with Gasteiger partial charge in [0.05, 0.1) is 5.92 Å². The topological polar surface area (TPSA) is 75.4 Å². The van der Waals surface area contributed by atoms with E-state index in [9.17, 15) is 9.59 Å². The van der Waals surface area contributed by atoms with Gasteiger partial charge < -0.3 is 16.0 Å². The van der Waals surface area contributed by atoms with Crippen LogP contribution in [-0.4, -0.2) is 42.9 Å². The molecule has 1 aliphatic heterocycles. The van der Waals surface area contributed by atoms with Gasteiger partial charge in [-0.05, 0) is 39.8 Å². The number of hydrogen-bond acceptors (Lipinski definition) is 3. The van der Waals surface area contributed by atoms with E-state index in [0.29, 0.717) is 13.0 Å². The van der Waals surface area contributed by atoms with Crippen molar-refractivity contribution in [1.82, 2.24) is 10.2 Å². The number of carbonyl (C=O) groups excluding carboxylic acids is 2. The van der Waals surface area contributed by atoms with Crippen LogP contribution in [0.3, 0.4) is 0 Å². The lowest BCUT2D eigenvalue weighted by Crippen LogP contribution is -2.48. The number of piperidine rings is 1. The van der Waals surface area contributed by atoms with E-state index in [-0.39, 0.29) is 23.8 Å². The number of primary amides is 1. The number of hydrogen-bond donors (Lipinski definition) is 2. The van der Waals surface area contributed by atoms with Crippen molar-refractivity contribution in [3.8, 4) is 0 Å². The number of likely N-dealkylation sites (tertiary alicyclic amines) is 1. The number of rotatable bonds is 5. The van der Waals surface area contributed by atoms with Gasteiger partial charge in [-0.3, -0.25) is 9.59 Å². The summed E-state index contributed by atoms with van der Waals surface area (Å²) >= 11 is 0. The third kappa shape index (κ3) is 4.00. The maximum atomic E-state index is 12.0. The van der Waals surface area contributed by atoms with Gasteiger partial charge >= 0.3 is 0 Å². The highest BCUT2D eigenvalue weighted by atomic mass is 16.2.